The standard InChI is InChI=1S/C18H29N3O2/c22-16-10-13(12-21(16)14-4-2-1-3-5-14)20-17(23)15-11-18(15)6-8-19-9-7-18/h13-15,19H,1-12H2,(H,20,23). The zero-order chi connectivity index (χ0) is 15.9. The Morgan fingerprint density at radius 2 is 1.91 bits per heavy atom. The molecule has 0 bridgehead atoms. The molecule has 23 heavy (non-hydrogen) atoms. The summed E-state index contributed by atoms with van der Waals surface area (Å²) < 4.78 is 0. The highest BCUT2D eigenvalue weighted by atomic mass is 16.2. The number of hydrogen-bond acceptors (Lipinski definition) is 3. The van der Waals surface area contributed by atoms with Gasteiger partial charge >= 0.3 is 0 Å². The molecule has 4 aliphatic rings. The lowest BCUT2D eigenvalue weighted by Gasteiger charge is -2.31. The van der Waals surface area contributed by atoms with Crippen molar-refractivity contribution in [3.05, 3.63) is 0 Å². The summed E-state index contributed by atoms with van der Waals surface area (Å²) in [5, 5.41) is 6.57. The number of carbonyl (C=O) groups is 2. The second-order valence-corrected chi connectivity index (χ2v) is 8.12. The van der Waals surface area contributed by atoms with Crippen LogP contribution in [0.15, 0.2) is 0 Å². The Hall–Kier alpha value is -1.10. The molecule has 2 saturated carbocycles. The molecular formula is C18H29N3O2. The SMILES string of the molecule is O=C(NC1CC(=O)N(C2CCCCC2)C1)C1CC12CCNCC2. The second-order valence-electron chi connectivity index (χ2n) is 8.12. The number of piperidine rings is 1. The number of hydrogen-bond donors (Lipinski definition) is 2. The lowest BCUT2D eigenvalue weighted by atomic mass is 9.91. The Balaban J connectivity index is 1.30. The van der Waals surface area contributed by atoms with Crippen molar-refractivity contribution in [1.82, 2.24) is 15.5 Å². The van der Waals surface area contributed by atoms with Crippen LogP contribution in [0.5, 0.6) is 0 Å². The number of rotatable bonds is 3. The van der Waals surface area contributed by atoms with E-state index in [-0.39, 0.29) is 29.2 Å². The van der Waals surface area contributed by atoms with Gasteiger partial charge in [-0.2, -0.15) is 0 Å². The van der Waals surface area contributed by atoms with Gasteiger partial charge in [0.1, 0.15) is 0 Å². The third-order valence-electron chi connectivity index (χ3n) is 6.63. The minimum absolute atomic E-state index is 0.0382. The number of nitrogens with one attached hydrogen (secondary N) is 2. The van der Waals surface area contributed by atoms with E-state index in [4.69, 9.17) is 0 Å². The highest BCUT2D eigenvalue weighted by Gasteiger charge is 2.58. The molecule has 2 amide bonds. The highest BCUT2D eigenvalue weighted by Crippen LogP contribution is 2.58. The lowest BCUT2D eigenvalue weighted by molar-refractivity contribution is -0.130. The van der Waals surface area contributed by atoms with Gasteiger partial charge in [-0.05, 0) is 50.6 Å². The maximum Gasteiger partial charge on any atom is 0.225 e. The molecule has 0 aromatic carbocycles. The fourth-order valence-corrected chi connectivity index (χ4v) is 5.07. The van der Waals surface area contributed by atoms with Crippen LogP contribution in [0.2, 0.25) is 0 Å². The molecule has 2 aliphatic carbocycles. The van der Waals surface area contributed by atoms with Crippen LogP contribution in [0.1, 0.15) is 57.8 Å². The average molecular weight is 319 g/mol. The second kappa shape index (κ2) is 6.08. The smallest absolute Gasteiger partial charge is 0.225 e. The van der Waals surface area contributed by atoms with E-state index in [1.807, 2.05) is 0 Å². The third-order valence-corrected chi connectivity index (χ3v) is 6.63. The van der Waals surface area contributed by atoms with Crippen molar-refractivity contribution >= 4 is 11.8 Å². The Kier molecular flexibility index (Phi) is 4.08. The Labute approximate surface area is 138 Å². The molecular weight excluding hydrogens is 290 g/mol. The van der Waals surface area contributed by atoms with Crippen LogP contribution in [0.25, 0.3) is 0 Å². The topological polar surface area (TPSA) is 61.4 Å². The van der Waals surface area contributed by atoms with Crippen molar-refractivity contribution in [3.63, 3.8) is 0 Å². The molecule has 4 fully saturated rings. The fraction of sp³-hybridized carbons (Fsp3) is 0.889. The van der Waals surface area contributed by atoms with Crippen LogP contribution >= 0.6 is 0 Å². The fourth-order valence-electron chi connectivity index (χ4n) is 5.07. The molecule has 2 N–H and O–H groups in total. The van der Waals surface area contributed by atoms with Gasteiger partial charge in [0.05, 0.1) is 6.04 Å². The van der Waals surface area contributed by atoms with Crippen LogP contribution < -0.4 is 10.6 Å². The number of nitrogens with zero attached hydrogens (tertiary/aromatic N) is 1. The van der Waals surface area contributed by atoms with E-state index in [1.165, 1.54) is 19.3 Å². The normalized spacial score (nSPS) is 33.9. The Bertz CT molecular complexity index is 481. The summed E-state index contributed by atoms with van der Waals surface area (Å²) in [4.78, 5) is 26.9. The molecule has 0 aromatic rings. The highest BCUT2D eigenvalue weighted by molar-refractivity contribution is 5.85. The molecule has 2 saturated heterocycles. The molecule has 2 atom stereocenters. The summed E-state index contributed by atoms with van der Waals surface area (Å²) in [5.74, 6) is 0.646. The molecule has 4 rings (SSSR count). The van der Waals surface area contributed by atoms with Crippen molar-refractivity contribution in [2.75, 3.05) is 19.6 Å². The van der Waals surface area contributed by atoms with Gasteiger partial charge in [-0.3, -0.25) is 9.59 Å². The van der Waals surface area contributed by atoms with Gasteiger partial charge in [-0.15, -0.1) is 0 Å². The Morgan fingerprint density at radius 1 is 1.17 bits per heavy atom. The largest absolute Gasteiger partial charge is 0.351 e. The maximum absolute atomic E-state index is 12.6. The van der Waals surface area contributed by atoms with Crippen LogP contribution in [0, 0.1) is 11.3 Å². The molecule has 0 aromatic heterocycles. The zero-order valence-electron chi connectivity index (χ0n) is 14.0. The molecule has 5 heteroatoms. The molecule has 0 radical (unpaired) electrons. The van der Waals surface area contributed by atoms with Crippen molar-refractivity contribution in [2.24, 2.45) is 11.3 Å². The van der Waals surface area contributed by atoms with Crippen LogP contribution in [0.3, 0.4) is 0 Å². The van der Waals surface area contributed by atoms with E-state index in [0.29, 0.717) is 12.5 Å². The van der Waals surface area contributed by atoms with E-state index >= 15 is 0 Å². The van der Waals surface area contributed by atoms with Gasteiger partial charge in [0, 0.05) is 24.9 Å². The maximum atomic E-state index is 12.6. The van der Waals surface area contributed by atoms with Gasteiger partial charge in [-0.1, -0.05) is 19.3 Å². The Morgan fingerprint density at radius 3 is 2.65 bits per heavy atom. The molecule has 2 unspecified atom stereocenters. The summed E-state index contributed by atoms with van der Waals surface area (Å²) in [6.07, 6.45) is 9.88. The van der Waals surface area contributed by atoms with Crippen molar-refractivity contribution < 1.29 is 9.59 Å². The van der Waals surface area contributed by atoms with Crippen LogP contribution in [0.4, 0.5) is 0 Å². The molecule has 5 nitrogen and oxygen atoms in total. The monoisotopic (exact) mass is 319 g/mol. The summed E-state index contributed by atoms with van der Waals surface area (Å²) >= 11 is 0. The minimum Gasteiger partial charge on any atom is -0.351 e. The van der Waals surface area contributed by atoms with Gasteiger partial charge in [0.15, 0.2) is 0 Å². The predicted octanol–water partition coefficient (Wildman–Crippen LogP) is 1.43. The summed E-state index contributed by atoms with van der Waals surface area (Å²) in [5.41, 5.74) is 0.279. The average Bonchev–Trinajstić information content (AvgIpc) is 3.13. The van der Waals surface area contributed by atoms with Gasteiger partial charge in [0.25, 0.3) is 0 Å². The van der Waals surface area contributed by atoms with Gasteiger partial charge in [0.2, 0.25) is 11.8 Å². The zero-order valence-corrected chi connectivity index (χ0v) is 14.0. The van der Waals surface area contributed by atoms with Crippen molar-refractivity contribution in [3.8, 4) is 0 Å². The first-order chi connectivity index (χ1) is 11.2. The summed E-state index contributed by atoms with van der Waals surface area (Å²) in [7, 11) is 0. The van der Waals surface area contributed by atoms with Gasteiger partial charge < -0.3 is 15.5 Å². The molecule has 1 spiro atoms. The lowest BCUT2D eigenvalue weighted by Crippen LogP contribution is -2.42. The summed E-state index contributed by atoms with van der Waals surface area (Å²) in [6.45, 7) is 2.82. The number of amides is 2. The van der Waals surface area contributed by atoms with E-state index in [0.717, 1.165) is 51.7 Å². The van der Waals surface area contributed by atoms with Crippen molar-refractivity contribution in [2.45, 2.75) is 69.9 Å². The van der Waals surface area contributed by atoms with Gasteiger partial charge in [-0.25, -0.2) is 0 Å². The van der Waals surface area contributed by atoms with Crippen LogP contribution in [-0.4, -0.2) is 48.4 Å². The quantitative estimate of drug-likeness (QED) is 0.827. The number of carbonyl (C=O) groups excluding carboxylic acids is 2. The number of likely N-dealkylation sites (tertiary alicyclic amines) is 1. The van der Waals surface area contributed by atoms with E-state index in [2.05, 4.69) is 15.5 Å². The predicted molar refractivity (Wildman–Crippen MR) is 87.8 cm³/mol. The van der Waals surface area contributed by atoms with Crippen molar-refractivity contribution in [1.29, 1.82) is 0 Å². The first-order valence-corrected chi connectivity index (χ1v) is 9.48. The van der Waals surface area contributed by atoms with E-state index < -0.39 is 0 Å². The van der Waals surface area contributed by atoms with E-state index in [1.54, 1.807) is 0 Å². The first-order valence-electron chi connectivity index (χ1n) is 9.48. The minimum atomic E-state index is 0.0382. The van der Waals surface area contributed by atoms with Crippen LogP contribution in [-0.2, 0) is 9.59 Å². The summed E-state index contributed by atoms with van der Waals surface area (Å²) in [6, 6.07) is 0.464. The van der Waals surface area contributed by atoms with E-state index in [9.17, 15) is 9.59 Å². The molecule has 2 aliphatic heterocycles. The molecule has 128 valence electrons. The molecule has 2 heterocycles. The first kappa shape index (κ1) is 15.4. The third kappa shape index (κ3) is 3.00.